The first kappa shape index (κ1) is 14.9. The van der Waals surface area contributed by atoms with Gasteiger partial charge >= 0.3 is 5.76 Å². The summed E-state index contributed by atoms with van der Waals surface area (Å²) < 4.78 is 31.7. The minimum absolute atomic E-state index is 0.0751. The molecule has 0 spiro atoms. The molecule has 0 aliphatic carbocycles. The maximum atomic E-state index is 12.4. The summed E-state index contributed by atoms with van der Waals surface area (Å²) in [5.41, 5.74) is 0.0172. The quantitative estimate of drug-likeness (QED) is 0.705. The van der Waals surface area contributed by atoms with Gasteiger partial charge in [0.1, 0.15) is 0 Å². The SMILES string of the molecule is O=C([O-])c1ccccc1NS(=O)(=O)c1ccc2[nH]c(=O)oc2c1. The Hall–Kier alpha value is -3.07. The number of anilines is 1. The molecule has 0 saturated heterocycles. The van der Waals surface area contributed by atoms with Gasteiger partial charge in [-0.3, -0.25) is 9.71 Å². The highest BCUT2D eigenvalue weighted by molar-refractivity contribution is 7.92. The number of carbonyl (C=O) groups is 1. The van der Waals surface area contributed by atoms with Crippen molar-refractivity contribution < 1.29 is 22.7 Å². The van der Waals surface area contributed by atoms with E-state index in [1.165, 1.54) is 36.4 Å². The molecule has 1 aromatic heterocycles. The van der Waals surface area contributed by atoms with Gasteiger partial charge in [0.25, 0.3) is 10.0 Å². The molecule has 118 valence electrons. The van der Waals surface area contributed by atoms with Crippen molar-refractivity contribution in [3.05, 3.63) is 58.6 Å². The van der Waals surface area contributed by atoms with E-state index in [-0.39, 0.29) is 21.7 Å². The van der Waals surface area contributed by atoms with Gasteiger partial charge in [0.05, 0.1) is 22.1 Å². The molecule has 1 heterocycles. The zero-order valence-electron chi connectivity index (χ0n) is 11.4. The average Bonchev–Trinajstić information content (AvgIpc) is 2.86. The molecule has 0 aliphatic rings. The van der Waals surface area contributed by atoms with Gasteiger partial charge < -0.3 is 14.3 Å². The zero-order chi connectivity index (χ0) is 16.6. The van der Waals surface area contributed by atoms with Gasteiger partial charge in [-0.1, -0.05) is 18.2 Å². The lowest BCUT2D eigenvalue weighted by Gasteiger charge is -2.13. The molecule has 0 saturated carbocycles. The van der Waals surface area contributed by atoms with Crippen molar-refractivity contribution in [3.63, 3.8) is 0 Å². The summed E-state index contributed by atoms with van der Waals surface area (Å²) in [6.07, 6.45) is 0. The second-order valence-electron chi connectivity index (χ2n) is 4.61. The molecule has 0 atom stereocenters. The maximum Gasteiger partial charge on any atom is 0.417 e. The highest BCUT2D eigenvalue weighted by atomic mass is 32.2. The maximum absolute atomic E-state index is 12.4. The Bertz CT molecular complexity index is 1060. The minimum Gasteiger partial charge on any atom is -0.545 e. The standard InChI is InChI=1S/C14H10N2O6S/c17-13(18)9-3-1-2-4-10(9)16-23(20,21)8-5-6-11-12(7-8)22-14(19)15-11/h1-7,16H,(H,15,19)(H,17,18)/p-1. The van der Waals surface area contributed by atoms with E-state index >= 15 is 0 Å². The molecule has 8 nitrogen and oxygen atoms in total. The van der Waals surface area contributed by atoms with Gasteiger partial charge in [0.15, 0.2) is 5.58 Å². The smallest absolute Gasteiger partial charge is 0.417 e. The van der Waals surface area contributed by atoms with Gasteiger partial charge in [0.2, 0.25) is 0 Å². The number of fused-ring (bicyclic) bond motifs is 1. The molecule has 2 N–H and O–H groups in total. The Morgan fingerprint density at radius 3 is 2.65 bits per heavy atom. The van der Waals surface area contributed by atoms with Crippen LogP contribution < -0.4 is 15.6 Å². The number of benzene rings is 2. The predicted molar refractivity (Wildman–Crippen MR) is 78.4 cm³/mol. The molecule has 0 bridgehead atoms. The highest BCUT2D eigenvalue weighted by Crippen LogP contribution is 2.22. The minimum atomic E-state index is -4.07. The van der Waals surface area contributed by atoms with E-state index in [2.05, 4.69) is 9.71 Å². The van der Waals surface area contributed by atoms with Crippen LogP contribution in [0.5, 0.6) is 0 Å². The molecule has 9 heteroatoms. The van der Waals surface area contributed by atoms with Gasteiger partial charge in [0, 0.05) is 11.6 Å². The second-order valence-corrected chi connectivity index (χ2v) is 6.29. The largest absolute Gasteiger partial charge is 0.545 e. The number of H-pyrrole nitrogens is 1. The summed E-state index contributed by atoms with van der Waals surface area (Å²) >= 11 is 0. The number of hydrogen-bond acceptors (Lipinski definition) is 6. The van der Waals surface area contributed by atoms with Crippen molar-refractivity contribution in [2.75, 3.05) is 4.72 Å². The number of rotatable bonds is 4. The Balaban J connectivity index is 2.04. The zero-order valence-corrected chi connectivity index (χ0v) is 12.2. The van der Waals surface area contributed by atoms with Crippen molar-refractivity contribution in [1.29, 1.82) is 0 Å². The molecule has 23 heavy (non-hydrogen) atoms. The van der Waals surface area contributed by atoms with E-state index in [1.54, 1.807) is 0 Å². The topological polar surface area (TPSA) is 132 Å². The summed E-state index contributed by atoms with van der Waals surface area (Å²) in [7, 11) is -4.07. The Kier molecular flexibility index (Phi) is 3.41. The summed E-state index contributed by atoms with van der Waals surface area (Å²) in [6.45, 7) is 0. The van der Waals surface area contributed by atoms with Crippen molar-refractivity contribution in [2.45, 2.75) is 4.90 Å². The number of oxazole rings is 1. The van der Waals surface area contributed by atoms with Gasteiger partial charge in [-0.25, -0.2) is 13.2 Å². The van der Waals surface area contributed by atoms with E-state index in [4.69, 9.17) is 4.42 Å². The molecule has 0 amide bonds. The van der Waals surface area contributed by atoms with Crippen LogP contribution in [0.2, 0.25) is 0 Å². The number of sulfonamides is 1. The third kappa shape index (κ3) is 2.81. The third-order valence-electron chi connectivity index (χ3n) is 3.09. The Labute approximate surface area is 129 Å². The number of para-hydroxylation sites is 1. The Morgan fingerprint density at radius 2 is 1.91 bits per heavy atom. The van der Waals surface area contributed by atoms with Gasteiger partial charge in [-0.05, 0) is 18.2 Å². The molecule has 2 aromatic carbocycles. The van der Waals surface area contributed by atoms with E-state index in [9.17, 15) is 23.1 Å². The van der Waals surface area contributed by atoms with Gasteiger partial charge in [-0.2, -0.15) is 0 Å². The van der Waals surface area contributed by atoms with Crippen LogP contribution in [0.3, 0.4) is 0 Å². The molecular weight excluding hydrogens is 324 g/mol. The number of carboxylic acids is 1. The van der Waals surface area contributed by atoms with Crippen LogP contribution in [0.4, 0.5) is 5.69 Å². The lowest BCUT2D eigenvalue weighted by molar-refractivity contribution is -0.254. The summed E-state index contributed by atoms with van der Waals surface area (Å²) in [6, 6.07) is 9.26. The van der Waals surface area contributed by atoms with Crippen LogP contribution in [-0.2, 0) is 10.0 Å². The number of aromatic nitrogens is 1. The normalized spacial score (nSPS) is 11.5. The third-order valence-corrected chi connectivity index (χ3v) is 4.46. The van der Waals surface area contributed by atoms with Crippen molar-refractivity contribution in [1.82, 2.24) is 4.98 Å². The number of carbonyl (C=O) groups excluding carboxylic acids is 1. The fourth-order valence-electron chi connectivity index (χ4n) is 2.05. The van der Waals surface area contributed by atoms with E-state index < -0.39 is 21.7 Å². The first-order valence-electron chi connectivity index (χ1n) is 6.33. The first-order chi connectivity index (χ1) is 10.9. The lowest BCUT2D eigenvalue weighted by Crippen LogP contribution is -2.24. The predicted octanol–water partition coefficient (Wildman–Crippen LogP) is 0.285. The first-order valence-corrected chi connectivity index (χ1v) is 7.81. The molecule has 0 fully saturated rings. The van der Waals surface area contributed by atoms with Crippen LogP contribution in [-0.4, -0.2) is 19.4 Å². The Morgan fingerprint density at radius 1 is 1.17 bits per heavy atom. The van der Waals surface area contributed by atoms with Gasteiger partial charge in [-0.15, -0.1) is 0 Å². The number of carboxylic acid groups (broad SMARTS) is 1. The fraction of sp³-hybridized carbons (Fsp3) is 0. The number of hydrogen-bond donors (Lipinski definition) is 2. The number of nitrogens with one attached hydrogen (secondary N) is 2. The summed E-state index contributed by atoms with van der Waals surface area (Å²) in [5, 5.41) is 11.0. The van der Waals surface area contributed by atoms with Crippen molar-refractivity contribution in [2.24, 2.45) is 0 Å². The van der Waals surface area contributed by atoms with E-state index in [0.717, 1.165) is 6.07 Å². The van der Waals surface area contributed by atoms with Crippen LogP contribution in [0, 0.1) is 0 Å². The monoisotopic (exact) mass is 333 g/mol. The van der Waals surface area contributed by atoms with E-state index in [1.807, 2.05) is 0 Å². The molecule has 0 unspecified atom stereocenters. The van der Waals surface area contributed by atoms with Crippen molar-refractivity contribution in [3.8, 4) is 0 Å². The number of aromatic amines is 1. The average molecular weight is 333 g/mol. The van der Waals surface area contributed by atoms with Crippen LogP contribution in [0.25, 0.3) is 11.1 Å². The van der Waals surface area contributed by atoms with Crippen LogP contribution in [0.1, 0.15) is 10.4 Å². The second kappa shape index (κ2) is 5.29. The highest BCUT2D eigenvalue weighted by Gasteiger charge is 2.17. The lowest BCUT2D eigenvalue weighted by atomic mass is 10.2. The van der Waals surface area contributed by atoms with Crippen molar-refractivity contribution >= 4 is 32.8 Å². The number of aromatic carboxylic acids is 1. The fourth-order valence-corrected chi connectivity index (χ4v) is 3.14. The molecule has 0 radical (unpaired) electrons. The molecule has 0 aliphatic heterocycles. The summed E-state index contributed by atoms with van der Waals surface area (Å²) in [5.74, 6) is -2.21. The van der Waals surface area contributed by atoms with Crippen LogP contribution >= 0.6 is 0 Å². The molecule has 3 rings (SSSR count). The molecule has 3 aromatic rings. The van der Waals surface area contributed by atoms with E-state index in [0.29, 0.717) is 5.52 Å². The summed E-state index contributed by atoms with van der Waals surface area (Å²) in [4.78, 5) is 24.3. The van der Waals surface area contributed by atoms with Crippen LogP contribution in [0.15, 0.2) is 56.6 Å². The molecular formula is C14H9N2O6S-.